The Morgan fingerprint density at radius 3 is 1.57 bits per heavy atom. The minimum atomic E-state index is -0.680. The van der Waals surface area contributed by atoms with E-state index >= 15 is 0 Å². The van der Waals surface area contributed by atoms with Gasteiger partial charge in [0.15, 0.2) is 45.0 Å². The SMILES string of the molecule is CC(C)(C)OC(=O)n1cccc1-c1nc(N)nc2c1nnn2Cc1cccc([N+](=O)[O-])c1.CN(C(=O)OC(C)(C)C)c1ccc(Cn2nnc3c(-c4ccco4)nc(N)nc32)cc1.Cc1ccc(-c2nc(N)nc3c2nnn3Cc2ccc([N+](=O)[O-])cc2)o1. The molecular formula is C57H56N22O10. The summed E-state index contributed by atoms with van der Waals surface area (Å²) in [6.45, 7) is 13.6. The van der Waals surface area contributed by atoms with E-state index in [4.69, 9.17) is 35.5 Å². The number of aryl methyl sites for hydroxylation is 1. The molecule has 0 saturated heterocycles. The molecule has 0 aliphatic rings. The Hall–Kier alpha value is -12.1. The van der Waals surface area contributed by atoms with Crippen LogP contribution in [0.4, 0.5) is 44.5 Å². The number of hydrogen-bond acceptors (Lipinski definition) is 25. The number of aromatic nitrogens is 16. The van der Waals surface area contributed by atoms with Crippen molar-refractivity contribution in [1.29, 1.82) is 0 Å². The second-order valence-electron chi connectivity index (χ2n) is 21.7. The number of carbonyl (C=O) groups excluding carboxylic acids is 2. The van der Waals surface area contributed by atoms with Gasteiger partial charge in [0.2, 0.25) is 17.8 Å². The lowest BCUT2D eigenvalue weighted by Crippen LogP contribution is -2.34. The van der Waals surface area contributed by atoms with E-state index in [0.717, 1.165) is 16.9 Å². The zero-order valence-corrected chi connectivity index (χ0v) is 49.0. The first-order valence-corrected chi connectivity index (χ1v) is 27.0. The predicted molar refractivity (Wildman–Crippen MR) is 322 cm³/mol. The molecule has 0 spiro atoms. The lowest BCUT2D eigenvalue weighted by molar-refractivity contribution is -0.385. The number of anilines is 4. The van der Waals surface area contributed by atoms with Crippen LogP contribution in [-0.4, -0.2) is 120 Å². The Balaban J connectivity index is 0.000000148. The molecule has 454 valence electrons. The van der Waals surface area contributed by atoms with Crippen LogP contribution in [0.25, 0.3) is 67.8 Å². The van der Waals surface area contributed by atoms with E-state index in [-0.39, 0.29) is 35.8 Å². The molecule has 12 aromatic rings. The lowest BCUT2D eigenvalue weighted by atomic mass is 10.2. The number of nitrogens with zero attached hydrogens (tertiary/aromatic N) is 19. The van der Waals surface area contributed by atoms with Crippen LogP contribution in [0.2, 0.25) is 0 Å². The summed E-state index contributed by atoms with van der Waals surface area (Å²) in [5.41, 5.74) is 23.8. The summed E-state index contributed by atoms with van der Waals surface area (Å²) in [5.74, 6) is 1.96. The van der Waals surface area contributed by atoms with Crippen molar-refractivity contribution in [3.63, 3.8) is 0 Å². The third-order valence-electron chi connectivity index (χ3n) is 12.7. The van der Waals surface area contributed by atoms with Gasteiger partial charge in [-0.05, 0) is 114 Å². The van der Waals surface area contributed by atoms with Gasteiger partial charge in [0.25, 0.3) is 11.4 Å². The molecular weight excluding hydrogens is 1150 g/mol. The topological polar surface area (TPSA) is 421 Å². The van der Waals surface area contributed by atoms with Crippen molar-refractivity contribution in [3.05, 3.63) is 164 Å². The highest BCUT2D eigenvalue weighted by Crippen LogP contribution is 2.31. The van der Waals surface area contributed by atoms with E-state index in [1.54, 1.807) is 104 Å². The molecule has 32 nitrogen and oxygen atoms in total. The number of amides is 1. The molecule has 0 radical (unpaired) electrons. The van der Waals surface area contributed by atoms with Crippen molar-refractivity contribution >= 4 is 80.6 Å². The summed E-state index contributed by atoms with van der Waals surface area (Å²) in [6.07, 6.45) is 2.12. The number of nitrogen functional groups attached to an aromatic ring is 3. The average Bonchev–Trinajstić information content (AvgIpc) is 1.94. The number of nitrogens with two attached hydrogens (primary N) is 3. The molecule has 0 fully saturated rings. The Bertz CT molecular complexity index is 4580. The summed E-state index contributed by atoms with van der Waals surface area (Å²) in [6, 6.07) is 30.4. The van der Waals surface area contributed by atoms with Gasteiger partial charge in [-0.1, -0.05) is 52.0 Å². The molecule has 0 aliphatic carbocycles. The number of fused-ring (bicyclic) bond motifs is 3. The number of non-ortho nitro benzene ring substituents is 2. The van der Waals surface area contributed by atoms with E-state index in [2.05, 4.69) is 60.8 Å². The highest BCUT2D eigenvalue weighted by Gasteiger charge is 2.26. The van der Waals surface area contributed by atoms with Crippen LogP contribution in [0.3, 0.4) is 0 Å². The third-order valence-corrected chi connectivity index (χ3v) is 12.7. The quantitative estimate of drug-likeness (QED) is 0.0759. The first-order chi connectivity index (χ1) is 42.3. The van der Waals surface area contributed by atoms with Crippen molar-refractivity contribution in [2.45, 2.75) is 79.3 Å². The van der Waals surface area contributed by atoms with Crippen LogP contribution in [0.15, 0.2) is 130 Å². The standard InChI is InChI=1S/C21H23N7O3.C20H20N8O4.C16H13N7O3/c1-21(2,3)31-20(29)27(4)14-9-7-13(8-10-14)12-28-18-17(25-26-28)16(23-19(22)24-18)15-6-5-11-30-15;1-20(2,3)32-19(29)26-9-5-8-14(26)15-16-17(23-18(21)22-15)27(25-24-16)11-12-6-4-7-13(10-12)28(30)31;1-9-2-7-12(26-9)13-14-15(19-16(17)18-13)22(21-20-14)8-10-3-5-11(6-4-10)23(24)25/h5-11H,12H2,1-4H3,(H2,22,23,24);4-10H,11H2,1-3H3,(H2,21,22,23);2-7H,8H2,1H3,(H2,17,18,19). The number of benzene rings is 3. The number of carbonyl (C=O) groups is 2. The fraction of sp³-hybridized carbons (Fsp3) is 0.228. The molecule has 9 aromatic heterocycles. The van der Waals surface area contributed by atoms with Crippen LogP contribution in [0.1, 0.15) is 64.0 Å². The van der Waals surface area contributed by atoms with Crippen molar-refractivity contribution in [1.82, 2.24) is 79.5 Å². The monoisotopic (exact) mass is 1210 g/mol. The first-order valence-electron chi connectivity index (χ1n) is 27.0. The van der Waals surface area contributed by atoms with Crippen LogP contribution in [-0.2, 0) is 29.1 Å². The number of nitro groups is 2. The maximum Gasteiger partial charge on any atom is 0.419 e. The molecule has 12 rings (SSSR count). The van der Waals surface area contributed by atoms with Crippen LogP contribution in [0, 0.1) is 27.2 Å². The highest BCUT2D eigenvalue weighted by molar-refractivity contribution is 5.91. The fourth-order valence-corrected chi connectivity index (χ4v) is 8.75. The van der Waals surface area contributed by atoms with E-state index in [1.165, 1.54) is 38.4 Å². The number of furan rings is 2. The maximum atomic E-state index is 12.6. The van der Waals surface area contributed by atoms with Gasteiger partial charge >= 0.3 is 12.2 Å². The second kappa shape index (κ2) is 24.5. The Morgan fingerprint density at radius 1 is 0.573 bits per heavy atom. The van der Waals surface area contributed by atoms with E-state index < -0.39 is 33.2 Å². The van der Waals surface area contributed by atoms with Crippen molar-refractivity contribution in [2.75, 3.05) is 29.1 Å². The van der Waals surface area contributed by atoms with Crippen molar-refractivity contribution in [2.24, 2.45) is 0 Å². The van der Waals surface area contributed by atoms with Gasteiger partial charge in [-0.3, -0.25) is 29.7 Å². The zero-order valence-electron chi connectivity index (χ0n) is 49.0. The van der Waals surface area contributed by atoms with Gasteiger partial charge in [0, 0.05) is 43.2 Å². The normalized spacial score (nSPS) is 11.5. The number of rotatable bonds is 12. The molecule has 0 atom stereocenters. The molecule has 32 heteroatoms. The van der Waals surface area contributed by atoms with Crippen LogP contribution >= 0.6 is 0 Å². The maximum absolute atomic E-state index is 12.6. The van der Waals surface area contributed by atoms with E-state index in [1.807, 2.05) is 58.0 Å². The molecule has 3 aromatic carbocycles. The summed E-state index contributed by atoms with van der Waals surface area (Å²) >= 11 is 0. The van der Waals surface area contributed by atoms with Crippen LogP contribution in [0.5, 0.6) is 0 Å². The molecule has 0 bridgehead atoms. The molecule has 9 heterocycles. The molecule has 6 N–H and O–H groups in total. The first kappa shape index (κ1) is 60.0. The predicted octanol–water partition coefficient (Wildman–Crippen LogP) is 8.82. The summed E-state index contributed by atoms with van der Waals surface area (Å²) in [5, 5.41) is 46.8. The Labute approximate surface area is 503 Å². The Morgan fingerprint density at radius 2 is 1.08 bits per heavy atom. The van der Waals surface area contributed by atoms with Gasteiger partial charge in [-0.15, -0.1) is 15.3 Å². The minimum Gasteiger partial charge on any atom is -0.463 e. The highest BCUT2D eigenvalue weighted by atomic mass is 16.6. The molecule has 89 heavy (non-hydrogen) atoms. The third kappa shape index (κ3) is 13.9. The smallest absolute Gasteiger partial charge is 0.419 e. The summed E-state index contributed by atoms with van der Waals surface area (Å²) in [7, 11) is 1.67. The second-order valence-corrected chi connectivity index (χ2v) is 21.7. The van der Waals surface area contributed by atoms with E-state index in [0.29, 0.717) is 92.1 Å². The Kier molecular flexibility index (Phi) is 16.5. The molecule has 0 saturated carbocycles. The lowest BCUT2D eigenvalue weighted by Gasteiger charge is -2.24. The molecule has 1 amide bonds. The molecule has 0 unspecified atom stereocenters. The van der Waals surface area contributed by atoms with Crippen molar-refractivity contribution < 1.29 is 37.7 Å². The zero-order chi connectivity index (χ0) is 63.5. The van der Waals surface area contributed by atoms with Gasteiger partial charge in [0.05, 0.1) is 41.4 Å². The van der Waals surface area contributed by atoms with Crippen LogP contribution < -0.4 is 22.1 Å². The van der Waals surface area contributed by atoms with E-state index in [9.17, 15) is 29.8 Å². The minimum absolute atomic E-state index is 0.0271. The van der Waals surface area contributed by atoms with Gasteiger partial charge in [-0.2, -0.15) is 15.0 Å². The van der Waals surface area contributed by atoms with Gasteiger partial charge in [-0.25, -0.2) is 38.6 Å². The summed E-state index contributed by atoms with van der Waals surface area (Å²) < 4.78 is 27.9. The molecule has 0 aliphatic heterocycles. The number of hydrogen-bond donors (Lipinski definition) is 3. The number of nitro benzene ring substituents is 2. The fourth-order valence-electron chi connectivity index (χ4n) is 8.75. The average molecular weight is 1210 g/mol. The summed E-state index contributed by atoms with van der Waals surface area (Å²) in [4.78, 5) is 72.8. The van der Waals surface area contributed by atoms with Crippen molar-refractivity contribution in [3.8, 4) is 34.3 Å². The van der Waals surface area contributed by atoms with Gasteiger partial charge < -0.3 is 35.5 Å². The number of ether oxygens (including phenoxy) is 2. The largest absolute Gasteiger partial charge is 0.463 e. The van der Waals surface area contributed by atoms with Gasteiger partial charge in [0.1, 0.15) is 34.0 Å².